The van der Waals surface area contributed by atoms with E-state index in [9.17, 15) is 14.4 Å². The summed E-state index contributed by atoms with van der Waals surface area (Å²) in [6, 6.07) is 1.58. The van der Waals surface area contributed by atoms with Crippen LogP contribution < -0.4 is 16.6 Å². The molecule has 0 aliphatic carbocycles. The summed E-state index contributed by atoms with van der Waals surface area (Å²) in [6.45, 7) is 4.65. The standard InChI is InChI=1S/C14H20N4O3/c1-8-5-9(2)17-13(20)11(8)6-16-14(21)18-4-3-10(7-18)12(15)19/h5,10H,3-4,6-7H2,1-2H3,(H2,15,19)(H,16,21)(H,17,20)/t10-/m1/s1. The Labute approximate surface area is 122 Å². The fourth-order valence-corrected chi connectivity index (χ4v) is 2.55. The van der Waals surface area contributed by atoms with Crippen LogP contribution in [0.5, 0.6) is 0 Å². The number of hydrogen-bond acceptors (Lipinski definition) is 3. The fraction of sp³-hybridized carbons (Fsp3) is 0.500. The number of carbonyl (C=O) groups excluding carboxylic acids is 2. The van der Waals surface area contributed by atoms with Crippen LogP contribution in [-0.4, -0.2) is 34.9 Å². The molecule has 7 nitrogen and oxygen atoms in total. The molecule has 114 valence electrons. The van der Waals surface area contributed by atoms with Gasteiger partial charge in [-0.1, -0.05) is 0 Å². The van der Waals surface area contributed by atoms with Crippen molar-refractivity contribution in [1.29, 1.82) is 0 Å². The van der Waals surface area contributed by atoms with Gasteiger partial charge in [0.15, 0.2) is 0 Å². The Morgan fingerprint density at radius 1 is 1.48 bits per heavy atom. The van der Waals surface area contributed by atoms with Gasteiger partial charge < -0.3 is 20.9 Å². The van der Waals surface area contributed by atoms with E-state index >= 15 is 0 Å². The highest BCUT2D eigenvalue weighted by molar-refractivity contribution is 5.80. The largest absolute Gasteiger partial charge is 0.369 e. The van der Waals surface area contributed by atoms with Gasteiger partial charge in [-0.15, -0.1) is 0 Å². The average molecular weight is 292 g/mol. The van der Waals surface area contributed by atoms with Gasteiger partial charge >= 0.3 is 6.03 Å². The lowest BCUT2D eigenvalue weighted by Gasteiger charge is -2.17. The number of nitrogens with zero attached hydrogens (tertiary/aromatic N) is 1. The van der Waals surface area contributed by atoms with Gasteiger partial charge in [-0.25, -0.2) is 4.79 Å². The van der Waals surface area contributed by atoms with E-state index < -0.39 is 0 Å². The minimum atomic E-state index is -0.379. The van der Waals surface area contributed by atoms with E-state index in [2.05, 4.69) is 10.3 Å². The number of aromatic amines is 1. The topological polar surface area (TPSA) is 108 Å². The van der Waals surface area contributed by atoms with Crippen molar-refractivity contribution in [2.75, 3.05) is 13.1 Å². The zero-order valence-electron chi connectivity index (χ0n) is 12.2. The second kappa shape index (κ2) is 5.99. The van der Waals surface area contributed by atoms with Gasteiger partial charge in [0, 0.05) is 24.3 Å². The Morgan fingerprint density at radius 3 is 2.76 bits per heavy atom. The number of urea groups is 1. The highest BCUT2D eigenvalue weighted by Crippen LogP contribution is 2.15. The minimum absolute atomic E-state index is 0.165. The maximum Gasteiger partial charge on any atom is 0.317 e. The average Bonchev–Trinajstić information content (AvgIpc) is 2.86. The molecule has 1 saturated heterocycles. The lowest BCUT2D eigenvalue weighted by Crippen LogP contribution is -2.40. The van der Waals surface area contributed by atoms with Gasteiger partial charge in [0.2, 0.25) is 5.91 Å². The molecule has 0 unspecified atom stereocenters. The number of pyridine rings is 1. The van der Waals surface area contributed by atoms with Gasteiger partial charge in [0.05, 0.1) is 12.5 Å². The molecule has 0 aromatic carbocycles. The molecule has 7 heteroatoms. The van der Waals surface area contributed by atoms with Crippen molar-refractivity contribution in [3.05, 3.63) is 33.2 Å². The third-order valence-electron chi connectivity index (χ3n) is 3.79. The third-order valence-corrected chi connectivity index (χ3v) is 3.79. The van der Waals surface area contributed by atoms with Gasteiger partial charge in [0.1, 0.15) is 0 Å². The summed E-state index contributed by atoms with van der Waals surface area (Å²) in [5.41, 5.74) is 7.22. The van der Waals surface area contributed by atoms with E-state index in [1.54, 1.807) is 4.90 Å². The van der Waals surface area contributed by atoms with Crippen molar-refractivity contribution in [2.24, 2.45) is 11.7 Å². The van der Waals surface area contributed by atoms with Crippen LogP contribution in [0.2, 0.25) is 0 Å². The highest BCUT2D eigenvalue weighted by Gasteiger charge is 2.29. The molecule has 1 aliphatic heterocycles. The summed E-state index contributed by atoms with van der Waals surface area (Å²) in [5, 5.41) is 2.72. The number of rotatable bonds is 3. The smallest absolute Gasteiger partial charge is 0.317 e. The quantitative estimate of drug-likeness (QED) is 0.730. The predicted octanol–water partition coefficient (Wildman–Crippen LogP) is 0.00854. The van der Waals surface area contributed by atoms with E-state index in [1.807, 2.05) is 19.9 Å². The van der Waals surface area contributed by atoms with Gasteiger partial charge in [0.25, 0.3) is 5.56 Å². The van der Waals surface area contributed by atoms with Crippen molar-refractivity contribution in [3.63, 3.8) is 0 Å². The molecule has 1 aliphatic rings. The fourth-order valence-electron chi connectivity index (χ4n) is 2.55. The molecular weight excluding hydrogens is 272 g/mol. The van der Waals surface area contributed by atoms with Crippen LogP contribution in [0.15, 0.2) is 10.9 Å². The molecule has 21 heavy (non-hydrogen) atoms. The number of amides is 3. The number of likely N-dealkylation sites (tertiary alicyclic amines) is 1. The lowest BCUT2D eigenvalue weighted by molar-refractivity contribution is -0.121. The monoisotopic (exact) mass is 292 g/mol. The highest BCUT2D eigenvalue weighted by atomic mass is 16.2. The predicted molar refractivity (Wildman–Crippen MR) is 77.6 cm³/mol. The Kier molecular flexibility index (Phi) is 4.30. The molecule has 0 saturated carbocycles. The second-order valence-corrected chi connectivity index (χ2v) is 5.44. The second-order valence-electron chi connectivity index (χ2n) is 5.44. The van der Waals surface area contributed by atoms with E-state index in [-0.39, 0.29) is 30.0 Å². The minimum Gasteiger partial charge on any atom is -0.369 e. The van der Waals surface area contributed by atoms with Crippen molar-refractivity contribution in [2.45, 2.75) is 26.8 Å². The normalized spacial score (nSPS) is 17.8. The molecule has 1 fully saturated rings. The Bertz CT molecular complexity index is 623. The summed E-state index contributed by atoms with van der Waals surface area (Å²) in [7, 11) is 0. The van der Waals surface area contributed by atoms with Crippen LogP contribution in [0, 0.1) is 19.8 Å². The summed E-state index contributed by atoms with van der Waals surface area (Å²) in [6.07, 6.45) is 0.590. The van der Waals surface area contributed by atoms with Crippen molar-refractivity contribution >= 4 is 11.9 Å². The first-order valence-corrected chi connectivity index (χ1v) is 6.90. The van der Waals surface area contributed by atoms with Crippen molar-refractivity contribution in [3.8, 4) is 0 Å². The molecule has 2 heterocycles. The number of H-pyrrole nitrogens is 1. The number of primary amides is 1. The summed E-state index contributed by atoms with van der Waals surface area (Å²) in [5.74, 6) is -0.656. The van der Waals surface area contributed by atoms with Crippen LogP contribution in [-0.2, 0) is 11.3 Å². The van der Waals surface area contributed by atoms with Gasteiger partial charge in [-0.3, -0.25) is 9.59 Å². The first kappa shape index (κ1) is 15.1. The molecule has 2 rings (SSSR count). The van der Waals surface area contributed by atoms with Crippen LogP contribution >= 0.6 is 0 Å². The van der Waals surface area contributed by atoms with Crippen molar-refractivity contribution < 1.29 is 9.59 Å². The maximum atomic E-state index is 12.0. The van der Waals surface area contributed by atoms with Gasteiger partial charge in [-0.05, 0) is 31.9 Å². The Hall–Kier alpha value is -2.31. The number of carbonyl (C=O) groups is 2. The number of nitrogens with two attached hydrogens (primary N) is 1. The number of nitrogens with one attached hydrogen (secondary N) is 2. The van der Waals surface area contributed by atoms with E-state index in [1.165, 1.54) is 0 Å². The molecule has 4 N–H and O–H groups in total. The van der Waals surface area contributed by atoms with Gasteiger partial charge in [-0.2, -0.15) is 0 Å². The zero-order valence-corrected chi connectivity index (χ0v) is 12.2. The summed E-state index contributed by atoms with van der Waals surface area (Å²) < 4.78 is 0. The zero-order chi connectivity index (χ0) is 15.6. The first-order chi connectivity index (χ1) is 9.88. The summed E-state index contributed by atoms with van der Waals surface area (Å²) in [4.78, 5) is 39.2. The van der Waals surface area contributed by atoms with Crippen LogP contribution in [0.25, 0.3) is 0 Å². The maximum absolute atomic E-state index is 12.0. The van der Waals surface area contributed by atoms with Crippen LogP contribution in [0.4, 0.5) is 4.79 Å². The molecule has 1 aromatic rings. The molecule has 1 atom stereocenters. The molecule has 0 spiro atoms. The molecule has 1 aromatic heterocycles. The molecule has 0 radical (unpaired) electrons. The van der Waals surface area contributed by atoms with E-state index in [4.69, 9.17) is 5.73 Å². The first-order valence-electron chi connectivity index (χ1n) is 6.90. The SMILES string of the molecule is Cc1cc(C)c(CNC(=O)N2CC[C@@H](C(N)=O)C2)c(=O)[nH]1. The lowest BCUT2D eigenvalue weighted by atomic mass is 10.1. The number of hydrogen-bond donors (Lipinski definition) is 3. The van der Waals surface area contributed by atoms with E-state index in [0.717, 1.165) is 11.3 Å². The third kappa shape index (κ3) is 3.42. The molecule has 3 amide bonds. The molecular formula is C14H20N4O3. The summed E-state index contributed by atoms with van der Waals surface area (Å²) >= 11 is 0. The Morgan fingerprint density at radius 2 is 2.19 bits per heavy atom. The van der Waals surface area contributed by atoms with Crippen LogP contribution in [0.3, 0.4) is 0 Å². The Balaban J connectivity index is 1.97. The number of aryl methyl sites for hydroxylation is 2. The van der Waals surface area contributed by atoms with Crippen LogP contribution in [0.1, 0.15) is 23.2 Å². The van der Waals surface area contributed by atoms with Crippen molar-refractivity contribution in [1.82, 2.24) is 15.2 Å². The van der Waals surface area contributed by atoms with E-state index in [0.29, 0.717) is 25.1 Å². The number of aromatic nitrogens is 1. The molecule has 0 bridgehead atoms.